The summed E-state index contributed by atoms with van der Waals surface area (Å²) in [5, 5.41) is 3.82. The number of carbonyl (C=O) groups is 3. The highest BCUT2D eigenvalue weighted by Gasteiger charge is 2.72. The lowest BCUT2D eigenvalue weighted by atomic mass is 9.82. The number of ether oxygens (including phenoxy) is 2. The third-order valence-electron chi connectivity index (χ3n) is 6.64. The molecule has 0 unspecified atom stereocenters. The second kappa shape index (κ2) is 7.54. The minimum Gasteiger partial charge on any atom is -0.449 e. The van der Waals surface area contributed by atoms with Crippen LogP contribution in [0.1, 0.15) is 11.4 Å². The number of nitrogens with zero attached hydrogens (tertiary/aromatic N) is 3. The number of nitrogens with two attached hydrogens (primary N) is 2. The number of ketones is 2. The molecule has 0 saturated carbocycles. The van der Waals surface area contributed by atoms with Crippen molar-refractivity contribution in [3.8, 4) is 0 Å². The Labute approximate surface area is 193 Å². The maximum Gasteiger partial charge on any atom is 0.404 e. The van der Waals surface area contributed by atoms with Crippen molar-refractivity contribution < 1.29 is 23.9 Å². The highest BCUT2D eigenvalue weighted by molar-refractivity contribution is 7.99. The number of piperazine rings is 1. The Morgan fingerprint density at radius 1 is 1.30 bits per heavy atom. The second-order valence-electron chi connectivity index (χ2n) is 8.53. The van der Waals surface area contributed by atoms with Gasteiger partial charge in [0.1, 0.15) is 6.61 Å². The van der Waals surface area contributed by atoms with E-state index in [1.807, 2.05) is 24.8 Å². The molecule has 11 nitrogen and oxygen atoms in total. The fourth-order valence-electron chi connectivity index (χ4n) is 5.28. The van der Waals surface area contributed by atoms with Gasteiger partial charge in [-0.25, -0.2) is 14.8 Å². The number of amides is 1. The normalized spacial score (nSPS) is 29.9. The van der Waals surface area contributed by atoms with Gasteiger partial charge in [-0.1, -0.05) is 11.8 Å². The van der Waals surface area contributed by atoms with Crippen molar-refractivity contribution in [2.45, 2.75) is 36.8 Å². The molecule has 3 aliphatic heterocycles. The van der Waals surface area contributed by atoms with Crippen LogP contribution in [-0.4, -0.2) is 76.4 Å². The van der Waals surface area contributed by atoms with Crippen LogP contribution in [0.2, 0.25) is 0 Å². The van der Waals surface area contributed by atoms with Crippen molar-refractivity contribution in [1.29, 1.82) is 0 Å². The summed E-state index contributed by atoms with van der Waals surface area (Å²) < 4.78 is 11.0. The highest BCUT2D eigenvalue weighted by Crippen LogP contribution is 2.55. The zero-order valence-electron chi connectivity index (χ0n) is 18.4. The first-order chi connectivity index (χ1) is 15.7. The van der Waals surface area contributed by atoms with E-state index in [0.29, 0.717) is 11.7 Å². The van der Waals surface area contributed by atoms with Gasteiger partial charge in [0.25, 0.3) is 0 Å². The summed E-state index contributed by atoms with van der Waals surface area (Å²) in [5.41, 5.74) is 12.5. The van der Waals surface area contributed by atoms with Gasteiger partial charge < -0.3 is 31.2 Å². The number of primary amides is 1. The van der Waals surface area contributed by atoms with E-state index in [9.17, 15) is 14.4 Å². The molecule has 1 amide bonds. The number of aryl methyl sites for hydroxylation is 2. The number of nitrogens with one attached hydrogen (secondary N) is 1. The van der Waals surface area contributed by atoms with E-state index >= 15 is 0 Å². The number of aromatic nitrogens is 2. The minimum atomic E-state index is -1.03. The van der Waals surface area contributed by atoms with Crippen LogP contribution in [-0.2, 0) is 19.1 Å². The van der Waals surface area contributed by atoms with E-state index in [1.54, 1.807) is 0 Å². The smallest absolute Gasteiger partial charge is 0.404 e. The van der Waals surface area contributed by atoms with Gasteiger partial charge in [0.2, 0.25) is 11.6 Å². The van der Waals surface area contributed by atoms with Crippen molar-refractivity contribution in [2.24, 2.45) is 17.4 Å². The molecule has 4 aliphatic rings. The maximum absolute atomic E-state index is 13.7. The average Bonchev–Trinajstić information content (AvgIpc) is 3.36. The van der Waals surface area contributed by atoms with Crippen LogP contribution in [0.5, 0.6) is 0 Å². The van der Waals surface area contributed by atoms with Gasteiger partial charge in [0.15, 0.2) is 10.9 Å². The number of hydrogen-bond acceptors (Lipinski definition) is 11. The van der Waals surface area contributed by atoms with Gasteiger partial charge in [-0.3, -0.25) is 9.59 Å². The summed E-state index contributed by atoms with van der Waals surface area (Å²) in [5.74, 6) is -1.34. The summed E-state index contributed by atoms with van der Waals surface area (Å²) >= 11 is 1.25. The molecule has 5 N–H and O–H groups in total. The van der Waals surface area contributed by atoms with E-state index in [2.05, 4.69) is 15.3 Å². The number of rotatable bonds is 6. The van der Waals surface area contributed by atoms with E-state index in [1.165, 1.54) is 18.9 Å². The first kappa shape index (κ1) is 21.9. The third kappa shape index (κ3) is 3.15. The molecule has 0 bridgehead atoms. The molecule has 2 fully saturated rings. The van der Waals surface area contributed by atoms with Crippen LogP contribution < -0.4 is 16.8 Å². The summed E-state index contributed by atoms with van der Waals surface area (Å²) in [6.45, 7) is 4.02. The molecular formula is C21H24N6O5S. The Kier molecular flexibility index (Phi) is 4.99. The number of Topliss-reactive ketones (excluding diaryl/α,β-unsaturated/α-hetero) is 2. The van der Waals surface area contributed by atoms with Gasteiger partial charge in [-0.05, 0) is 19.9 Å². The van der Waals surface area contributed by atoms with Crippen molar-refractivity contribution in [1.82, 2.24) is 20.2 Å². The average molecular weight is 473 g/mol. The maximum atomic E-state index is 13.7. The summed E-state index contributed by atoms with van der Waals surface area (Å²) in [6, 6.07) is 1.86. The number of hydrogen-bond donors (Lipinski definition) is 3. The Morgan fingerprint density at radius 2 is 2.00 bits per heavy atom. The largest absolute Gasteiger partial charge is 0.449 e. The van der Waals surface area contributed by atoms with Crippen LogP contribution in [0.25, 0.3) is 0 Å². The molecule has 1 aromatic heterocycles. The van der Waals surface area contributed by atoms with E-state index in [4.69, 9.17) is 20.9 Å². The van der Waals surface area contributed by atoms with Gasteiger partial charge in [0.05, 0.1) is 23.4 Å². The lowest BCUT2D eigenvalue weighted by Crippen LogP contribution is -2.55. The monoisotopic (exact) mass is 472 g/mol. The van der Waals surface area contributed by atoms with Crippen molar-refractivity contribution in [2.75, 3.05) is 26.0 Å². The molecule has 174 valence electrons. The molecule has 4 heterocycles. The quantitative estimate of drug-likeness (QED) is 0.211. The van der Waals surface area contributed by atoms with Gasteiger partial charge >= 0.3 is 6.09 Å². The molecule has 0 aromatic carbocycles. The van der Waals surface area contributed by atoms with E-state index < -0.39 is 23.5 Å². The number of carbonyl (C=O) groups excluding carboxylic acids is 3. The fourth-order valence-corrected chi connectivity index (χ4v) is 6.26. The number of fused-ring (bicyclic) bond motifs is 4. The summed E-state index contributed by atoms with van der Waals surface area (Å²) in [7, 11) is 1.52. The first-order valence-corrected chi connectivity index (χ1v) is 11.5. The molecule has 1 aromatic rings. The third-order valence-corrected chi connectivity index (χ3v) is 7.51. The molecular weight excluding hydrogens is 448 g/mol. The Balaban J connectivity index is 1.49. The van der Waals surface area contributed by atoms with Gasteiger partial charge in [0, 0.05) is 48.0 Å². The van der Waals surface area contributed by atoms with E-state index in [0.717, 1.165) is 11.4 Å². The minimum absolute atomic E-state index is 0.113. The molecule has 4 atom stereocenters. The van der Waals surface area contributed by atoms with Crippen LogP contribution in [0.4, 0.5) is 4.79 Å². The van der Waals surface area contributed by atoms with Crippen LogP contribution >= 0.6 is 11.8 Å². The molecule has 1 aliphatic carbocycles. The topological polar surface area (TPSA) is 173 Å². The molecule has 0 radical (unpaired) electrons. The van der Waals surface area contributed by atoms with Gasteiger partial charge in [-0.2, -0.15) is 0 Å². The standard InChI is InChI=1S/C21H24N6O5S/c1-8-4-9(2)25-20(24-8)33-7-10-14(22)17(29)13-11(6-32-19(23)30)21(31-3)18-12(26-18)5-27(21)15(13)16(10)28/h4,11-12,18,26H,5-7,22H2,1-3H3,(H2,23,30)/t11-,12+,18+,21-/m1/s1. The molecule has 0 spiro atoms. The first-order valence-electron chi connectivity index (χ1n) is 10.5. The second-order valence-corrected chi connectivity index (χ2v) is 9.48. The number of methoxy groups -OCH3 is 1. The van der Waals surface area contributed by atoms with Crippen LogP contribution in [0, 0.1) is 19.8 Å². The van der Waals surface area contributed by atoms with Crippen molar-refractivity contribution in [3.05, 3.63) is 40.0 Å². The van der Waals surface area contributed by atoms with Gasteiger partial charge in [-0.15, -0.1) is 0 Å². The Bertz CT molecular complexity index is 1150. The Hall–Kier alpha value is -2.96. The predicted molar refractivity (Wildman–Crippen MR) is 117 cm³/mol. The zero-order valence-corrected chi connectivity index (χ0v) is 19.2. The fraction of sp³-hybridized carbons (Fsp3) is 0.476. The molecule has 33 heavy (non-hydrogen) atoms. The predicted octanol–water partition coefficient (Wildman–Crippen LogP) is -0.472. The molecule has 12 heteroatoms. The molecule has 2 saturated heterocycles. The van der Waals surface area contributed by atoms with Crippen molar-refractivity contribution >= 4 is 29.4 Å². The zero-order chi connectivity index (χ0) is 23.7. The lowest BCUT2D eigenvalue weighted by Gasteiger charge is -2.39. The van der Waals surface area contributed by atoms with Crippen LogP contribution in [0.3, 0.4) is 0 Å². The van der Waals surface area contributed by atoms with Crippen molar-refractivity contribution in [3.63, 3.8) is 0 Å². The Morgan fingerprint density at radius 3 is 2.64 bits per heavy atom. The summed E-state index contributed by atoms with van der Waals surface area (Å²) in [6.07, 6.45) is -0.969. The van der Waals surface area contributed by atoms with Crippen LogP contribution in [0.15, 0.2) is 33.8 Å². The number of thioether (sulfide) groups is 1. The lowest BCUT2D eigenvalue weighted by molar-refractivity contribution is -0.137. The number of allylic oxidation sites excluding steroid dienone is 2. The molecule has 5 rings (SSSR count). The summed E-state index contributed by atoms with van der Waals surface area (Å²) in [4.78, 5) is 49.0. The SMILES string of the molecule is CO[C@@]12[C@H](COC(N)=O)C3=C(C(=O)C(CSc4nc(C)cc(C)n4)=C(N)C3=O)N1C[C@@H]1N[C@@H]12. The van der Waals surface area contributed by atoms with E-state index in [-0.39, 0.29) is 52.8 Å². The highest BCUT2D eigenvalue weighted by atomic mass is 32.2.